The van der Waals surface area contributed by atoms with Crippen molar-refractivity contribution in [2.45, 2.75) is 112 Å². The van der Waals surface area contributed by atoms with Crippen molar-refractivity contribution < 1.29 is 30.0 Å². The highest BCUT2D eigenvalue weighted by atomic mass is 16.3. The lowest BCUT2D eigenvalue weighted by Gasteiger charge is -2.40. The molecule has 4 heterocycles. The van der Waals surface area contributed by atoms with Gasteiger partial charge in [-0.2, -0.15) is 0 Å². The second-order valence-corrected chi connectivity index (χ2v) is 20.3. The first-order valence-electron chi connectivity index (χ1n) is 24.2. The highest BCUT2D eigenvalue weighted by Crippen LogP contribution is 2.49. The van der Waals surface area contributed by atoms with Crippen LogP contribution in [0.1, 0.15) is 96.5 Å². The largest absolute Gasteiger partial charge is 0.393 e. The standard InChI is InChI=1S/C56H58N4O6/c1-34(61)32-55(65)46-29-35(18-19-48(46)60(53(55)63)41-22-26-58(27-23-41)50-31-39-13-5-9-37-11-7-15-44(50)52(37)39)28-42(62)33-56(66)45-16-2-3-17-47(45)59(54(56)64)40-20-24-57(25-21-40)49-30-38-12-4-8-36-10-6-14-43(49)51(36)38/h2-19,29,34,40-42,49-50,61-62,65-66H,20-28,30-33H2,1H3. The van der Waals surface area contributed by atoms with Gasteiger partial charge in [-0.15, -0.1) is 0 Å². The Labute approximate surface area is 385 Å². The number of carbonyl (C=O) groups is 2. The van der Waals surface area contributed by atoms with Gasteiger partial charge < -0.3 is 30.2 Å². The van der Waals surface area contributed by atoms with Crippen LogP contribution in [0.2, 0.25) is 0 Å². The van der Waals surface area contributed by atoms with Crippen LogP contribution in [0.4, 0.5) is 11.4 Å². The first-order chi connectivity index (χ1) is 32.0. The quantitative estimate of drug-likeness (QED) is 0.113. The molecule has 2 saturated heterocycles. The third-order valence-electron chi connectivity index (χ3n) is 16.3. The summed E-state index contributed by atoms with van der Waals surface area (Å²) in [7, 11) is 0. The summed E-state index contributed by atoms with van der Waals surface area (Å²) >= 11 is 0. The molecule has 2 fully saturated rings. The molecule has 0 bridgehead atoms. The van der Waals surface area contributed by atoms with Gasteiger partial charge in [-0.1, -0.05) is 103 Å². The van der Waals surface area contributed by atoms with E-state index in [9.17, 15) is 30.0 Å². The average molecular weight is 883 g/mol. The van der Waals surface area contributed by atoms with Crippen molar-refractivity contribution in [3.05, 3.63) is 154 Å². The van der Waals surface area contributed by atoms with Crippen LogP contribution in [0.5, 0.6) is 0 Å². The summed E-state index contributed by atoms with van der Waals surface area (Å²) in [5.41, 5.74) is 4.61. The molecule has 6 aliphatic rings. The van der Waals surface area contributed by atoms with Crippen molar-refractivity contribution in [3.8, 4) is 0 Å². The minimum Gasteiger partial charge on any atom is -0.393 e. The molecule has 12 rings (SSSR count). The minimum absolute atomic E-state index is 0.0911. The van der Waals surface area contributed by atoms with Gasteiger partial charge in [0.15, 0.2) is 11.2 Å². The fourth-order valence-electron chi connectivity index (χ4n) is 13.4. The molecule has 6 aromatic rings. The van der Waals surface area contributed by atoms with Crippen molar-refractivity contribution >= 4 is 44.7 Å². The molecule has 0 spiro atoms. The average Bonchev–Trinajstić information content (AvgIpc) is 4.01. The molecule has 0 aromatic heterocycles. The van der Waals surface area contributed by atoms with Gasteiger partial charge in [-0.25, -0.2) is 0 Å². The van der Waals surface area contributed by atoms with Gasteiger partial charge in [0.05, 0.1) is 23.6 Å². The number of anilines is 2. The lowest BCUT2D eigenvalue weighted by atomic mass is 9.85. The molecule has 338 valence electrons. The predicted molar refractivity (Wildman–Crippen MR) is 256 cm³/mol. The Balaban J connectivity index is 0.740. The second-order valence-electron chi connectivity index (χ2n) is 20.3. The van der Waals surface area contributed by atoms with E-state index in [1.165, 1.54) is 43.8 Å². The van der Waals surface area contributed by atoms with E-state index in [1.54, 1.807) is 28.9 Å². The molecular weight excluding hydrogens is 825 g/mol. The number of hydrogen-bond donors (Lipinski definition) is 4. The molecule has 6 unspecified atom stereocenters. The zero-order valence-electron chi connectivity index (χ0n) is 37.5. The Hall–Kier alpha value is -5.46. The number of aliphatic hydroxyl groups excluding tert-OH is 2. The molecule has 6 aromatic carbocycles. The summed E-state index contributed by atoms with van der Waals surface area (Å²) in [6.07, 6.45) is 2.66. The van der Waals surface area contributed by atoms with E-state index < -0.39 is 35.2 Å². The van der Waals surface area contributed by atoms with Crippen molar-refractivity contribution in [2.75, 3.05) is 36.0 Å². The van der Waals surface area contributed by atoms with Gasteiger partial charge in [0.1, 0.15) is 0 Å². The first kappa shape index (κ1) is 41.9. The van der Waals surface area contributed by atoms with Gasteiger partial charge in [0, 0.05) is 74.3 Å². The molecule has 6 atom stereocenters. The number of amides is 2. The highest BCUT2D eigenvalue weighted by molar-refractivity contribution is 6.08. The minimum atomic E-state index is -1.94. The third kappa shape index (κ3) is 6.51. The van der Waals surface area contributed by atoms with Gasteiger partial charge in [0.2, 0.25) is 0 Å². The molecule has 2 aliphatic carbocycles. The maximum absolute atomic E-state index is 14.6. The normalized spacial score (nSPS) is 26.5. The van der Waals surface area contributed by atoms with Crippen LogP contribution >= 0.6 is 0 Å². The number of piperidine rings is 2. The van der Waals surface area contributed by atoms with Crippen LogP contribution in [-0.2, 0) is 40.1 Å². The fourth-order valence-corrected chi connectivity index (χ4v) is 13.4. The SMILES string of the molecule is CC(O)CC1(O)C(=O)N(C2CCN(C3Cc4cccc5cccc3c45)CC2)c2ccc(CC(O)CC3(O)C(=O)N(C4CCN(C5Cc6cccc7cccc5c67)CC4)c4ccccc43)cc21. The number of likely N-dealkylation sites (tertiary alicyclic amines) is 2. The third-order valence-corrected chi connectivity index (χ3v) is 16.3. The van der Waals surface area contributed by atoms with E-state index in [0.29, 0.717) is 40.1 Å². The van der Waals surface area contributed by atoms with E-state index >= 15 is 0 Å². The van der Waals surface area contributed by atoms with E-state index in [-0.39, 0.29) is 31.3 Å². The van der Waals surface area contributed by atoms with Crippen molar-refractivity contribution in [2.24, 2.45) is 0 Å². The fraction of sp³-hybridized carbons (Fsp3) is 0.393. The van der Waals surface area contributed by atoms with Gasteiger partial charge in [-0.3, -0.25) is 19.4 Å². The summed E-state index contributed by atoms with van der Waals surface area (Å²) in [6.45, 7) is 4.87. The Morgan fingerprint density at radius 1 is 0.576 bits per heavy atom. The number of para-hydroxylation sites is 1. The van der Waals surface area contributed by atoms with Crippen molar-refractivity contribution in [1.82, 2.24) is 9.80 Å². The molecular formula is C56H58N4O6. The molecule has 0 radical (unpaired) electrons. The number of nitrogens with zero attached hydrogens (tertiary/aromatic N) is 4. The summed E-state index contributed by atoms with van der Waals surface area (Å²) < 4.78 is 0. The highest BCUT2D eigenvalue weighted by Gasteiger charge is 2.54. The Morgan fingerprint density at radius 2 is 1.06 bits per heavy atom. The maximum Gasteiger partial charge on any atom is 0.264 e. The molecule has 10 heteroatoms. The smallest absolute Gasteiger partial charge is 0.264 e. The van der Waals surface area contributed by atoms with Crippen LogP contribution in [0, 0.1) is 0 Å². The zero-order valence-corrected chi connectivity index (χ0v) is 37.5. The maximum atomic E-state index is 14.6. The number of fused-ring (bicyclic) bond motifs is 2. The number of aliphatic hydroxyl groups is 4. The molecule has 10 nitrogen and oxygen atoms in total. The molecule has 4 N–H and O–H groups in total. The van der Waals surface area contributed by atoms with Crippen molar-refractivity contribution in [1.29, 1.82) is 0 Å². The van der Waals surface area contributed by atoms with Crippen LogP contribution in [-0.4, -0.2) is 92.5 Å². The van der Waals surface area contributed by atoms with Gasteiger partial charge in [-0.05, 0) is 113 Å². The molecule has 2 amide bonds. The lowest BCUT2D eigenvalue weighted by Crippen LogP contribution is -2.51. The topological polar surface area (TPSA) is 128 Å². The number of hydrogen-bond acceptors (Lipinski definition) is 8. The lowest BCUT2D eigenvalue weighted by molar-refractivity contribution is -0.140. The number of rotatable bonds is 10. The van der Waals surface area contributed by atoms with Crippen LogP contribution in [0.15, 0.2) is 115 Å². The first-order valence-corrected chi connectivity index (χ1v) is 24.2. The van der Waals surface area contributed by atoms with E-state index in [2.05, 4.69) is 82.6 Å². The Kier molecular flexibility index (Phi) is 10.1. The Morgan fingerprint density at radius 3 is 1.59 bits per heavy atom. The summed E-state index contributed by atoms with van der Waals surface area (Å²) in [6, 6.07) is 39.6. The van der Waals surface area contributed by atoms with E-state index in [0.717, 1.165) is 64.7 Å². The van der Waals surface area contributed by atoms with Crippen LogP contribution in [0.3, 0.4) is 0 Å². The summed E-state index contributed by atoms with van der Waals surface area (Å²) in [4.78, 5) is 37.7. The monoisotopic (exact) mass is 882 g/mol. The van der Waals surface area contributed by atoms with Crippen molar-refractivity contribution in [3.63, 3.8) is 0 Å². The number of benzene rings is 6. The molecule has 4 aliphatic heterocycles. The second kappa shape index (κ2) is 15.8. The van der Waals surface area contributed by atoms with Gasteiger partial charge >= 0.3 is 0 Å². The zero-order chi connectivity index (χ0) is 45.1. The number of carbonyl (C=O) groups excluding carboxylic acids is 2. The van der Waals surface area contributed by atoms with Gasteiger partial charge in [0.25, 0.3) is 11.8 Å². The van der Waals surface area contributed by atoms with Crippen LogP contribution in [0.25, 0.3) is 21.5 Å². The summed E-state index contributed by atoms with van der Waals surface area (Å²) in [5, 5.41) is 52.4. The molecule has 0 saturated carbocycles. The molecule has 66 heavy (non-hydrogen) atoms. The summed E-state index contributed by atoms with van der Waals surface area (Å²) in [5.74, 6) is -0.826. The van der Waals surface area contributed by atoms with E-state index in [1.807, 2.05) is 30.3 Å². The van der Waals surface area contributed by atoms with E-state index in [4.69, 9.17) is 0 Å². The predicted octanol–water partition coefficient (Wildman–Crippen LogP) is 7.35. The Bertz CT molecular complexity index is 2910. The van der Waals surface area contributed by atoms with Crippen LogP contribution < -0.4 is 9.80 Å².